The minimum Gasteiger partial charge on any atom is -0.870 e. The molecule has 0 aliphatic heterocycles. The smallest absolute Gasteiger partial charge is 0.870 e. The first-order chi connectivity index (χ1) is 25.2. The Hall–Kier alpha value is -5.24. The molecule has 17 nitrogen and oxygen atoms in total. The van der Waals surface area contributed by atoms with Crippen molar-refractivity contribution in [2.75, 3.05) is 17.2 Å². The van der Waals surface area contributed by atoms with E-state index in [2.05, 4.69) is 83.8 Å². The van der Waals surface area contributed by atoms with Gasteiger partial charge < -0.3 is 35.1 Å². The molecule has 6 rings (SSSR count). The average Bonchev–Trinajstić information content (AvgIpc) is 3.94. The predicted molar refractivity (Wildman–Crippen MR) is 200 cm³/mol. The second kappa shape index (κ2) is 20.9. The Morgan fingerprint density at radius 3 is 1.57 bits per heavy atom. The molecule has 0 bridgehead atoms. The molecule has 6 aromatic heterocycles. The van der Waals surface area contributed by atoms with Gasteiger partial charge in [0.2, 0.25) is 11.9 Å². The fourth-order valence-electron chi connectivity index (χ4n) is 5.77. The van der Waals surface area contributed by atoms with Crippen molar-refractivity contribution < 1.29 is 43.8 Å². The number of ether oxygens (including phenoxy) is 1. The largest absolute Gasteiger partial charge is 1.00 e. The summed E-state index contributed by atoms with van der Waals surface area (Å²) >= 11 is 0. The van der Waals surface area contributed by atoms with E-state index in [1.54, 1.807) is 37.9 Å². The zero-order valence-corrected chi connectivity index (χ0v) is 31.9. The normalized spacial score (nSPS) is 10.9. The molecule has 54 heavy (non-hydrogen) atoms. The molecule has 0 amide bonds. The molecule has 0 aliphatic rings. The van der Waals surface area contributed by atoms with Crippen LogP contribution in [0.5, 0.6) is 0 Å². The van der Waals surface area contributed by atoms with Crippen LogP contribution in [0, 0.1) is 11.8 Å². The summed E-state index contributed by atoms with van der Waals surface area (Å²) in [6.45, 7) is 12.8. The van der Waals surface area contributed by atoms with Crippen molar-refractivity contribution in [1.29, 1.82) is 0 Å². The zero-order valence-electron chi connectivity index (χ0n) is 31.9. The minimum atomic E-state index is -0.938. The van der Waals surface area contributed by atoms with Gasteiger partial charge in [0.05, 0.1) is 30.4 Å². The van der Waals surface area contributed by atoms with Crippen LogP contribution in [0.25, 0.3) is 22.1 Å². The number of rotatable bonds is 17. The zero-order chi connectivity index (χ0) is 37.0. The second-order valence-corrected chi connectivity index (χ2v) is 12.5. The Labute approximate surface area is 326 Å². The Bertz CT molecular complexity index is 2060. The number of hydrogen-bond donors (Lipinski definition) is 3. The Morgan fingerprint density at radius 1 is 0.722 bits per heavy atom. The molecule has 0 unspecified atom stereocenters. The first-order valence-corrected chi connectivity index (χ1v) is 17.8. The molecule has 0 spiro atoms. The maximum Gasteiger partial charge on any atom is 1.00 e. The van der Waals surface area contributed by atoms with Crippen LogP contribution in [0.3, 0.4) is 0 Å². The molecule has 0 atom stereocenters. The maximum atomic E-state index is 11.5. The SMILES string of the molecule is CCC(CC)Cn1ccc2cnc(Nc3cnn(CC(=O)O)c3)nc21.CCOC(=O)Cn1cc(Nc2ncc3ccn(CC(CC)CC)c3n2)cn1.[Li+].[OH-]. The fraction of sp³-hybridized carbons (Fsp3) is 0.444. The summed E-state index contributed by atoms with van der Waals surface area (Å²) < 4.78 is 12.1. The van der Waals surface area contributed by atoms with Crippen LogP contribution in [0.15, 0.2) is 61.7 Å². The van der Waals surface area contributed by atoms with E-state index < -0.39 is 5.97 Å². The van der Waals surface area contributed by atoms with Gasteiger partial charge >= 0.3 is 30.8 Å². The van der Waals surface area contributed by atoms with E-state index in [-0.39, 0.29) is 43.4 Å². The molecule has 284 valence electrons. The third kappa shape index (κ3) is 11.6. The van der Waals surface area contributed by atoms with E-state index >= 15 is 0 Å². The van der Waals surface area contributed by atoms with Gasteiger partial charge in [-0.25, -0.2) is 9.97 Å². The van der Waals surface area contributed by atoms with Crippen LogP contribution in [0.1, 0.15) is 60.3 Å². The number of nitrogens with zero attached hydrogens (tertiary/aromatic N) is 10. The molecule has 4 N–H and O–H groups in total. The summed E-state index contributed by atoms with van der Waals surface area (Å²) in [7, 11) is 0. The third-order valence-corrected chi connectivity index (χ3v) is 8.90. The van der Waals surface area contributed by atoms with Gasteiger partial charge in [-0.1, -0.05) is 53.4 Å². The summed E-state index contributed by atoms with van der Waals surface area (Å²) in [5.41, 5.74) is 3.18. The van der Waals surface area contributed by atoms with E-state index in [1.807, 2.05) is 24.5 Å². The van der Waals surface area contributed by atoms with Gasteiger partial charge in [0, 0.05) is 61.0 Å². The fourth-order valence-corrected chi connectivity index (χ4v) is 5.77. The molecule has 0 saturated carbocycles. The number of esters is 1. The van der Waals surface area contributed by atoms with Gasteiger partial charge in [0.25, 0.3) is 0 Å². The topological polar surface area (TPSA) is 215 Å². The van der Waals surface area contributed by atoms with Crippen molar-refractivity contribution in [1.82, 2.24) is 48.6 Å². The summed E-state index contributed by atoms with van der Waals surface area (Å²) in [6.07, 6.45) is 18.8. The molecule has 6 heterocycles. The number of hydrogen-bond acceptors (Lipinski definition) is 12. The quantitative estimate of drug-likeness (QED) is 0.0908. The van der Waals surface area contributed by atoms with Crippen molar-refractivity contribution in [2.24, 2.45) is 11.8 Å². The van der Waals surface area contributed by atoms with Crippen molar-refractivity contribution in [3.05, 3.63) is 61.7 Å². The molecule has 6 aromatic rings. The third-order valence-electron chi connectivity index (χ3n) is 8.90. The van der Waals surface area contributed by atoms with Crippen LogP contribution in [0.4, 0.5) is 23.3 Å². The monoisotopic (exact) mass is 736 g/mol. The summed E-state index contributed by atoms with van der Waals surface area (Å²) in [6, 6.07) is 4.06. The van der Waals surface area contributed by atoms with E-state index in [9.17, 15) is 9.59 Å². The van der Waals surface area contributed by atoms with Gasteiger partial charge in [-0.2, -0.15) is 20.2 Å². The van der Waals surface area contributed by atoms with Crippen molar-refractivity contribution in [3.63, 3.8) is 0 Å². The molecular weight excluding hydrogens is 687 g/mol. The Morgan fingerprint density at radius 2 is 1.17 bits per heavy atom. The number of carboxylic acids is 1. The van der Waals surface area contributed by atoms with Gasteiger partial charge in [-0.05, 0) is 30.9 Å². The molecule has 0 radical (unpaired) electrons. The number of carbonyl (C=O) groups is 2. The Kier molecular flexibility index (Phi) is 16.7. The first-order valence-electron chi connectivity index (χ1n) is 17.8. The van der Waals surface area contributed by atoms with Gasteiger partial charge in [-0.3, -0.25) is 19.0 Å². The second-order valence-electron chi connectivity index (χ2n) is 12.5. The molecule has 0 saturated heterocycles. The number of anilines is 4. The standard InChI is InChI=1S/C19H26N6O2.C17H22N6O2.Li.H2O/c1-4-14(5-2)11-24-8-7-15-9-20-19(23-18(15)24)22-16-10-21-25(12-16)13-17(26)27-6-3;1-3-12(4-2)9-22-6-5-13-7-18-17(21-16(13)22)20-14-8-19-23(10-14)11-15(24)25;;/h7-10,12,14H,4-6,11,13H2,1-3H3,(H,20,22,23);5-8,10,12H,3-4,9,11H2,1-2H3,(H,24,25)(H,18,20,21);;1H2/q;;+1;/p-1. The predicted octanol–water partition coefficient (Wildman–Crippen LogP) is 3.09. The van der Waals surface area contributed by atoms with E-state index in [4.69, 9.17) is 9.84 Å². The first kappa shape index (κ1) is 43.2. The van der Waals surface area contributed by atoms with Crippen LogP contribution >= 0.6 is 0 Å². The van der Waals surface area contributed by atoms with Crippen molar-refractivity contribution >= 4 is 57.3 Å². The van der Waals surface area contributed by atoms with Crippen molar-refractivity contribution in [2.45, 2.75) is 86.5 Å². The molecule has 0 aromatic carbocycles. The molecule has 0 fully saturated rings. The van der Waals surface area contributed by atoms with E-state index in [0.717, 1.165) is 66.5 Å². The number of aromatic nitrogens is 10. The van der Waals surface area contributed by atoms with Crippen LogP contribution < -0.4 is 29.5 Å². The number of aliphatic carboxylic acids is 1. The van der Waals surface area contributed by atoms with Crippen LogP contribution in [-0.4, -0.2) is 77.8 Å². The maximum absolute atomic E-state index is 11.5. The van der Waals surface area contributed by atoms with Crippen LogP contribution in [-0.2, 0) is 40.5 Å². The number of carbonyl (C=O) groups excluding carboxylic acids is 1. The average molecular weight is 737 g/mol. The number of nitrogens with one attached hydrogen (secondary N) is 2. The summed E-state index contributed by atoms with van der Waals surface area (Å²) in [4.78, 5) is 40.2. The Balaban J connectivity index is 0.000000281. The summed E-state index contributed by atoms with van der Waals surface area (Å²) in [5, 5.41) is 25.2. The van der Waals surface area contributed by atoms with Gasteiger partial charge in [0.1, 0.15) is 24.4 Å². The number of fused-ring (bicyclic) bond motifs is 2. The minimum absolute atomic E-state index is 0. The van der Waals surface area contributed by atoms with E-state index in [1.165, 1.54) is 9.36 Å². The van der Waals surface area contributed by atoms with Crippen LogP contribution in [0.2, 0.25) is 0 Å². The van der Waals surface area contributed by atoms with Crippen molar-refractivity contribution in [3.8, 4) is 0 Å². The number of carboxylic acid groups (broad SMARTS) is 1. The molecule has 0 aliphatic carbocycles. The molecule has 18 heteroatoms. The molecular formula is C36H49LiN12O5. The van der Waals surface area contributed by atoms with E-state index in [0.29, 0.717) is 36.0 Å². The summed E-state index contributed by atoms with van der Waals surface area (Å²) in [5.74, 6) is 0.967. The van der Waals surface area contributed by atoms with Gasteiger partial charge in [-0.15, -0.1) is 0 Å². The van der Waals surface area contributed by atoms with Gasteiger partial charge in [0.15, 0.2) is 0 Å².